The number of amides is 1. The summed E-state index contributed by atoms with van der Waals surface area (Å²) in [6, 6.07) is 1.89. The van der Waals surface area contributed by atoms with E-state index in [0.29, 0.717) is 5.92 Å². The van der Waals surface area contributed by atoms with Gasteiger partial charge < -0.3 is 9.64 Å². The van der Waals surface area contributed by atoms with Crippen molar-refractivity contribution < 1.29 is 9.53 Å². The molecule has 0 aromatic carbocycles. The molecule has 7 nitrogen and oxygen atoms in total. The number of aromatic nitrogens is 4. The first-order valence-corrected chi connectivity index (χ1v) is 7.34. The Labute approximate surface area is 128 Å². The molecule has 0 bridgehead atoms. The van der Waals surface area contributed by atoms with Crippen molar-refractivity contribution in [3.8, 4) is 11.4 Å². The van der Waals surface area contributed by atoms with Gasteiger partial charge in [-0.25, -0.2) is 0 Å². The molecule has 3 rings (SSSR count). The van der Waals surface area contributed by atoms with Gasteiger partial charge in [0.05, 0.1) is 11.4 Å². The van der Waals surface area contributed by atoms with Crippen LogP contribution in [0.3, 0.4) is 0 Å². The average molecular weight is 301 g/mol. The molecule has 1 unspecified atom stereocenters. The highest BCUT2D eigenvalue weighted by atomic mass is 16.5. The van der Waals surface area contributed by atoms with E-state index >= 15 is 0 Å². The SMILES string of the molecule is COCC(=O)N1CCC(Cc2nccnc2-c2ccn[nH]2)C1. The molecule has 0 aliphatic carbocycles. The lowest BCUT2D eigenvalue weighted by Crippen LogP contribution is -2.31. The predicted octanol–water partition coefficient (Wildman–Crippen LogP) is 0.904. The molecule has 0 spiro atoms. The molecule has 1 amide bonds. The molecular formula is C15H19N5O2. The number of H-pyrrole nitrogens is 1. The van der Waals surface area contributed by atoms with E-state index in [1.807, 2.05) is 11.0 Å². The summed E-state index contributed by atoms with van der Waals surface area (Å²) in [5.74, 6) is 0.456. The van der Waals surface area contributed by atoms with Gasteiger partial charge in [0.2, 0.25) is 5.91 Å². The van der Waals surface area contributed by atoms with Crippen molar-refractivity contribution in [3.63, 3.8) is 0 Å². The third-order valence-corrected chi connectivity index (χ3v) is 3.92. The summed E-state index contributed by atoms with van der Waals surface area (Å²) in [5, 5.41) is 6.90. The number of nitrogens with zero attached hydrogens (tertiary/aromatic N) is 4. The fourth-order valence-corrected chi connectivity index (χ4v) is 2.84. The van der Waals surface area contributed by atoms with E-state index in [2.05, 4.69) is 20.2 Å². The van der Waals surface area contributed by atoms with Crippen molar-refractivity contribution in [2.45, 2.75) is 12.8 Å². The van der Waals surface area contributed by atoms with Gasteiger partial charge in [-0.05, 0) is 24.8 Å². The van der Waals surface area contributed by atoms with Crippen molar-refractivity contribution in [3.05, 3.63) is 30.4 Å². The van der Waals surface area contributed by atoms with Crippen LogP contribution in [0.25, 0.3) is 11.4 Å². The highest BCUT2D eigenvalue weighted by molar-refractivity contribution is 5.77. The molecule has 1 aliphatic heterocycles. The minimum Gasteiger partial charge on any atom is -0.375 e. The standard InChI is InChI=1S/C15H19N5O2/c1-22-10-14(21)20-7-3-11(9-20)8-13-15(17-6-5-16-13)12-2-4-18-19-12/h2,4-6,11H,3,7-10H2,1H3,(H,18,19). The Bertz CT molecular complexity index is 629. The van der Waals surface area contributed by atoms with Gasteiger partial charge in [0.1, 0.15) is 12.3 Å². The first-order chi connectivity index (χ1) is 10.8. The van der Waals surface area contributed by atoms with Gasteiger partial charge in [-0.1, -0.05) is 0 Å². The second-order valence-corrected chi connectivity index (χ2v) is 5.45. The van der Waals surface area contributed by atoms with Crippen LogP contribution < -0.4 is 0 Å². The highest BCUT2D eigenvalue weighted by Gasteiger charge is 2.27. The molecule has 7 heteroatoms. The Balaban J connectivity index is 1.69. The first kappa shape index (κ1) is 14.6. The van der Waals surface area contributed by atoms with Gasteiger partial charge in [0, 0.05) is 38.8 Å². The molecule has 2 aromatic heterocycles. The molecule has 1 N–H and O–H groups in total. The third kappa shape index (κ3) is 3.14. The number of rotatable bonds is 5. The largest absolute Gasteiger partial charge is 0.375 e. The molecule has 116 valence electrons. The second-order valence-electron chi connectivity index (χ2n) is 5.45. The summed E-state index contributed by atoms with van der Waals surface area (Å²) in [5.41, 5.74) is 2.65. The van der Waals surface area contributed by atoms with Gasteiger partial charge in [-0.15, -0.1) is 0 Å². The minimum absolute atomic E-state index is 0.0536. The van der Waals surface area contributed by atoms with E-state index < -0.39 is 0 Å². The summed E-state index contributed by atoms with van der Waals surface area (Å²) in [4.78, 5) is 22.6. The van der Waals surface area contributed by atoms with Crippen LogP contribution in [0.15, 0.2) is 24.7 Å². The number of carbonyl (C=O) groups excluding carboxylic acids is 1. The molecule has 1 fully saturated rings. The Morgan fingerprint density at radius 2 is 2.27 bits per heavy atom. The van der Waals surface area contributed by atoms with Crippen LogP contribution in [-0.2, 0) is 16.0 Å². The van der Waals surface area contributed by atoms with E-state index in [9.17, 15) is 4.79 Å². The molecule has 1 aliphatic rings. The van der Waals surface area contributed by atoms with E-state index in [1.54, 1.807) is 25.7 Å². The summed E-state index contributed by atoms with van der Waals surface area (Å²) < 4.78 is 4.91. The zero-order valence-corrected chi connectivity index (χ0v) is 12.5. The summed E-state index contributed by atoms with van der Waals surface area (Å²) in [7, 11) is 1.54. The number of carbonyl (C=O) groups is 1. The lowest BCUT2D eigenvalue weighted by Gasteiger charge is -2.16. The number of ether oxygens (including phenoxy) is 1. The Kier molecular flexibility index (Phi) is 4.43. The van der Waals surface area contributed by atoms with Crippen LogP contribution in [0.4, 0.5) is 0 Å². The van der Waals surface area contributed by atoms with Gasteiger partial charge in [0.25, 0.3) is 0 Å². The number of nitrogens with one attached hydrogen (secondary N) is 1. The third-order valence-electron chi connectivity index (χ3n) is 3.92. The Morgan fingerprint density at radius 1 is 1.41 bits per heavy atom. The van der Waals surface area contributed by atoms with Crippen molar-refractivity contribution in [1.29, 1.82) is 0 Å². The molecule has 1 atom stereocenters. The minimum atomic E-state index is 0.0536. The smallest absolute Gasteiger partial charge is 0.248 e. The quantitative estimate of drug-likeness (QED) is 0.887. The fourth-order valence-electron chi connectivity index (χ4n) is 2.84. The maximum Gasteiger partial charge on any atom is 0.248 e. The zero-order chi connectivity index (χ0) is 15.4. The van der Waals surface area contributed by atoms with Gasteiger partial charge >= 0.3 is 0 Å². The second kappa shape index (κ2) is 6.65. The first-order valence-electron chi connectivity index (χ1n) is 7.34. The van der Waals surface area contributed by atoms with Crippen LogP contribution in [0.5, 0.6) is 0 Å². The lowest BCUT2D eigenvalue weighted by molar-refractivity contribution is -0.134. The molecule has 3 heterocycles. The van der Waals surface area contributed by atoms with Crippen LogP contribution in [0, 0.1) is 5.92 Å². The Hall–Kier alpha value is -2.28. The van der Waals surface area contributed by atoms with E-state index in [0.717, 1.165) is 43.0 Å². The number of hydrogen-bond donors (Lipinski definition) is 1. The van der Waals surface area contributed by atoms with Crippen molar-refractivity contribution in [1.82, 2.24) is 25.1 Å². The van der Waals surface area contributed by atoms with Crippen LogP contribution in [0.2, 0.25) is 0 Å². The summed E-state index contributed by atoms with van der Waals surface area (Å²) >= 11 is 0. The molecule has 22 heavy (non-hydrogen) atoms. The molecular weight excluding hydrogens is 282 g/mol. The topological polar surface area (TPSA) is 84.0 Å². The Morgan fingerprint density at radius 3 is 3.05 bits per heavy atom. The van der Waals surface area contributed by atoms with Crippen molar-refractivity contribution in [2.75, 3.05) is 26.8 Å². The maximum atomic E-state index is 11.9. The normalized spacial score (nSPS) is 17.9. The number of methoxy groups -OCH3 is 1. The van der Waals surface area contributed by atoms with Crippen LogP contribution >= 0.6 is 0 Å². The number of aromatic amines is 1. The van der Waals surface area contributed by atoms with E-state index in [1.165, 1.54) is 0 Å². The summed E-state index contributed by atoms with van der Waals surface area (Å²) in [6.45, 7) is 1.69. The monoisotopic (exact) mass is 301 g/mol. The zero-order valence-electron chi connectivity index (χ0n) is 12.5. The fraction of sp³-hybridized carbons (Fsp3) is 0.467. The van der Waals surface area contributed by atoms with Crippen molar-refractivity contribution >= 4 is 5.91 Å². The van der Waals surface area contributed by atoms with Gasteiger partial charge in [0.15, 0.2) is 0 Å². The molecule has 2 aromatic rings. The lowest BCUT2D eigenvalue weighted by atomic mass is 10.0. The molecule has 0 saturated carbocycles. The van der Waals surface area contributed by atoms with Crippen molar-refractivity contribution in [2.24, 2.45) is 5.92 Å². The van der Waals surface area contributed by atoms with E-state index in [-0.39, 0.29) is 12.5 Å². The van der Waals surface area contributed by atoms with E-state index in [4.69, 9.17) is 4.74 Å². The average Bonchev–Trinajstić information content (AvgIpc) is 3.19. The molecule has 1 saturated heterocycles. The number of likely N-dealkylation sites (tertiary alicyclic amines) is 1. The summed E-state index contributed by atoms with van der Waals surface area (Å²) in [6.07, 6.45) is 6.88. The molecule has 0 radical (unpaired) electrons. The predicted molar refractivity (Wildman–Crippen MR) is 79.9 cm³/mol. The van der Waals surface area contributed by atoms with Gasteiger partial charge in [-0.3, -0.25) is 19.9 Å². The van der Waals surface area contributed by atoms with Crippen LogP contribution in [0.1, 0.15) is 12.1 Å². The van der Waals surface area contributed by atoms with Gasteiger partial charge in [-0.2, -0.15) is 5.10 Å². The highest BCUT2D eigenvalue weighted by Crippen LogP contribution is 2.24. The maximum absolute atomic E-state index is 11.9. The number of hydrogen-bond acceptors (Lipinski definition) is 5. The van der Waals surface area contributed by atoms with Crippen LogP contribution in [-0.4, -0.2) is 57.8 Å².